The maximum Gasteiger partial charge on any atom is 0.277 e. The molecule has 3 aromatic rings. The van der Waals surface area contributed by atoms with E-state index in [-0.39, 0.29) is 16.5 Å². The van der Waals surface area contributed by atoms with Crippen molar-refractivity contribution in [1.29, 1.82) is 0 Å². The lowest BCUT2D eigenvalue weighted by Crippen LogP contribution is -2.48. The highest BCUT2D eigenvalue weighted by Gasteiger charge is 2.26. The summed E-state index contributed by atoms with van der Waals surface area (Å²) in [5.74, 6) is -0.291. The van der Waals surface area contributed by atoms with Crippen LogP contribution < -0.4 is 15.1 Å². The molecular formula is C20H21N5O4S. The highest BCUT2D eigenvalue weighted by atomic mass is 32.2. The van der Waals surface area contributed by atoms with Gasteiger partial charge in [-0.05, 0) is 35.7 Å². The molecule has 30 heavy (non-hydrogen) atoms. The van der Waals surface area contributed by atoms with Crippen LogP contribution in [0.25, 0.3) is 10.8 Å². The van der Waals surface area contributed by atoms with Crippen LogP contribution in [-0.4, -0.2) is 48.6 Å². The summed E-state index contributed by atoms with van der Waals surface area (Å²) in [6.45, 7) is 1.10. The fraction of sp³-hybridized carbons (Fsp3) is 0.250. The average molecular weight is 427 g/mol. The van der Waals surface area contributed by atoms with Crippen LogP contribution in [0.3, 0.4) is 0 Å². The van der Waals surface area contributed by atoms with E-state index in [9.17, 15) is 13.2 Å². The van der Waals surface area contributed by atoms with E-state index in [0.717, 1.165) is 17.2 Å². The van der Waals surface area contributed by atoms with Gasteiger partial charge in [0.25, 0.3) is 5.91 Å². The number of rotatable bonds is 5. The summed E-state index contributed by atoms with van der Waals surface area (Å²) in [6, 6.07) is 12.4. The minimum atomic E-state index is -3.68. The molecule has 1 saturated heterocycles. The van der Waals surface area contributed by atoms with Gasteiger partial charge in [0.15, 0.2) is 0 Å². The maximum atomic E-state index is 12.9. The van der Waals surface area contributed by atoms with Crippen molar-refractivity contribution in [2.24, 2.45) is 0 Å². The fourth-order valence-electron chi connectivity index (χ4n) is 3.54. The van der Waals surface area contributed by atoms with Crippen molar-refractivity contribution in [3.05, 3.63) is 60.4 Å². The molecule has 1 amide bonds. The van der Waals surface area contributed by atoms with Crippen LogP contribution in [-0.2, 0) is 10.0 Å². The van der Waals surface area contributed by atoms with Gasteiger partial charge in [0.1, 0.15) is 0 Å². The first kappa shape index (κ1) is 20.2. The van der Waals surface area contributed by atoms with E-state index in [2.05, 4.69) is 14.7 Å². The zero-order chi connectivity index (χ0) is 21.1. The first-order valence-electron chi connectivity index (χ1n) is 9.49. The largest absolute Gasteiger partial charge is 0.339 e. The molecule has 3 N–H and O–H groups in total. The van der Waals surface area contributed by atoms with Gasteiger partial charge in [0.2, 0.25) is 16.0 Å². The predicted octanol–water partition coefficient (Wildman–Crippen LogP) is 1.70. The number of carbonyl (C=O) groups is 1. The third-order valence-corrected chi connectivity index (χ3v) is 6.58. The maximum absolute atomic E-state index is 12.9. The lowest BCUT2D eigenvalue weighted by atomic mass is 10.1. The van der Waals surface area contributed by atoms with E-state index in [1.165, 1.54) is 17.9 Å². The predicted molar refractivity (Wildman–Crippen MR) is 111 cm³/mol. The van der Waals surface area contributed by atoms with Crippen molar-refractivity contribution in [2.75, 3.05) is 18.0 Å². The molecule has 0 bridgehead atoms. The van der Waals surface area contributed by atoms with Crippen molar-refractivity contribution < 1.29 is 18.4 Å². The number of nitrogens with zero attached hydrogens (tertiary/aromatic N) is 3. The van der Waals surface area contributed by atoms with Gasteiger partial charge in [-0.25, -0.2) is 28.6 Å². The first-order valence-corrected chi connectivity index (χ1v) is 11.0. The average Bonchev–Trinajstić information content (AvgIpc) is 2.78. The number of carbonyl (C=O) groups excluding carboxylic acids is 1. The van der Waals surface area contributed by atoms with E-state index in [0.29, 0.717) is 25.5 Å². The van der Waals surface area contributed by atoms with Crippen molar-refractivity contribution in [1.82, 2.24) is 20.2 Å². The second kappa shape index (κ2) is 8.34. The highest BCUT2D eigenvalue weighted by Crippen LogP contribution is 2.21. The van der Waals surface area contributed by atoms with Gasteiger partial charge in [0, 0.05) is 31.5 Å². The van der Waals surface area contributed by atoms with Gasteiger partial charge < -0.3 is 4.90 Å². The molecule has 156 valence electrons. The number of fused-ring (bicyclic) bond motifs is 1. The van der Waals surface area contributed by atoms with E-state index in [1.54, 1.807) is 18.2 Å². The Balaban J connectivity index is 1.48. The van der Waals surface area contributed by atoms with Gasteiger partial charge in [-0.2, -0.15) is 0 Å². The second-order valence-electron chi connectivity index (χ2n) is 7.13. The van der Waals surface area contributed by atoms with Crippen LogP contribution in [0, 0.1) is 0 Å². The number of sulfonamides is 1. The molecule has 0 radical (unpaired) electrons. The molecule has 1 aliphatic heterocycles. The zero-order valence-electron chi connectivity index (χ0n) is 16.0. The molecule has 1 unspecified atom stereocenters. The summed E-state index contributed by atoms with van der Waals surface area (Å²) >= 11 is 0. The molecule has 1 aromatic heterocycles. The highest BCUT2D eigenvalue weighted by molar-refractivity contribution is 7.89. The molecular weight excluding hydrogens is 406 g/mol. The summed E-state index contributed by atoms with van der Waals surface area (Å²) in [4.78, 5) is 21.8. The third-order valence-electron chi connectivity index (χ3n) is 5.06. The molecule has 0 spiro atoms. The molecule has 1 aliphatic rings. The van der Waals surface area contributed by atoms with Crippen molar-refractivity contribution in [3.63, 3.8) is 0 Å². The number of hydrogen-bond acceptors (Lipinski definition) is 7. The van der Waals surface area contributed by atoms with Crippen LogP contribution >= 0.6 is 0 Å². The lowest BCUT2D eigenvalue weighted by Gasteiger charge is -2.33. The Morgan fingerprint density at radius 2 is 1.83 bits per heavy atom. The zero-order valence-corrected chi connectivity index (χ0v) is 16.8. The number of anilines is 1. The van der Waals surface area contributed by atoms with Crippen LogP contribution in [0.4, 0.5) is 5.95 Å². The Labute approximate surface area is 173 Å². The number of benzene rings is 2. The van der Waals surface area contributed by atoms with Crippen molar-refractivity contribution in [3.8, 4) is 0 Å². The van der Waals surface area contributed by atoms with E-state index in [1.807, 2.05) is 29.2 Å². The molecule has 10 heteroatoms. The summed E-state index contributed by atoms with van der Waals surface area (Å²) < 4.78 is 28.6. The minimum absolute atomic E-state index is 0.131. The molecule has 9 nitrogen and oxygen atoms in total. The van der Waals surface area contributed by atoms with Gasteiger partial charge >= 0.3 is 0 Å². The van der Waals surface area contributed by atoms with Gasteiger partial charge in [-0.15, -0.1) is 0 Å². The SMILES string of the molecule is O=C(NO)c1cnc(N2CCCC(NS(=O)(=O)c3ccc4ccccc4c3)C2)nc1. The summed E-state index contributed by atoms with van der Waals surface area (Å²) in [7, 11) is -3.68. The summed E-state index contributed by atoms with van der Waals surface area (Å²) in [5.41, 5.74) is 1.66. The summed E-state index contributed by atoms with van der Waals surface area (Å²) in [5, 5.41) is 10.5. The first-order chi connectivity index (χ1) is 14.5. The number of hydrogen-bond donors (Lipinski definition) is 3. The number of hydroxylamine groups is 1. The molecule has 2 aromatic carbocycles. The van der Waals surface area contributed by atoms with Crippen LogP contribution in [0.2, 0.25) is 0 Å². The van der Waals surface area contributed by atoms with E-state index < -0.39 is 15.9 Å². The van der Waals surface area contributed by atoms with Crippen LogP contribution in [0.15, 0.2) is 59.8 Å². The lowest BCUT2D eigenvalue weighted by molar-refractivity contribution is 0.0705. The van der Waals surface area contributed by atoms with Crippen LogP contribution in [0.1, 0.15) is 23.2 Å². The Morgan fingerprint density at radius 1 is 1.10 bits per heavy atom. The second-order valence-corrected chi connectivity index (χ2v) is 8.84. The Morgan fingerprint density at radius 3 is 2.57 bits per heavy atom. The molecule has 4 rings (SSSR count). The minimum Gasteiger partial charge on any atom is -0.339 e. The number of nitrogens with one attached hydrogen (secondary N) is 2. The van der Waals surface area contributed by atoms with Gasteiger partial charge in [-0.3, -0.25) is 10.0 Å². The quantitative estimate of drug-likeness (QED) is 0.418. The Hall–Kier alpha value is -3.08. The van der Waals surface area contributed by atoms with Crippen LogP contribution in [0.5, 0.6) is 0 Å². The Kier molecular flexibility index (Phi) is 5.62. The standard InChI is InChI=1S/C20H21N5O4S/c26-19(23-27)16-11-21-20(22-12-16)25-9-3-6-17(13-25)24-30(28,29)18-8-7-14-4-1-2-5-15(14)10-18/h1-2,4-5,7-8,10-12,17,24,27H,3,6,9,13H2,(H,23,26). The molecule has 1 fully saturated rings. The summed E-state index contributed by atoms with van der Waals surface area (Å²) in [6.07, 6.45) is 4.11. The molecule has 0 saturated carbocycles. The number of aromatic nitrogens is 2. The molecule has 1 atom stereocenters. The molecule has 2 heterocycles. The van der Waals surface area contributed by atoms with Gasteiger partial charge in [-0.1, -0.05) is 30.3 Å². The Bertz CT molecular complexity index is 1170. The van der Waals surface area contributed by atoms with Crippen molar-refractivity contribution in [2.45, 2.75) is 23.8 Å². The number of piperidine rings is 1. The fourth-order valence-corrected chi connectivity index (χ4v) is 4.84. The normalized spacial score (nSPS) is 17.1. The number of amides is 1. The molecule has 0 aliphatic carbocycles. The topological polar surface area (TPSA) is 125 Å². The van der Waals surface area contributed by atoms with E-state index in [4.69, 9.17) is 5.21 Å². The third kappa shape index (κ3) is 4.25. The van der Waals surface area contributed by atoms with E-state index >= 15 is 0 Å². The monoisotopic (exact) mass is 427 g/mol. The smallest absolute Gasteiger partial charge is 0.277 e. The van der Waals surface area contributed by atoms with Crippen molar-refractivity contribution >= 4 is 32.7 Å². The van der Waals surface area contributed by atoms with Gasteiger partial charge in [0.05, 0.1) is 10.5 Å².